The van der Waals surface area contributed by atoms with E-state index in [-0.39, 0.29) is 0 Å². The number of hydrogen-bond acceptors (Lipinski definition) is 6. The van der Waals surface area contributed by atoms with Gasteiger partial charge in [-0.2, -0.15) is 5.10 Å². The van der Waals surface area contributed by atoms with Crippen molar-refractivity contribution in [1.29, 1.82) is 0 Å². The Kier molecular flexibility index (Phi) is 8.04. The minimum absolute atomic E-state index is 0.337. The second kappa shape index (κ2) is 11.1. The topological polar surface area (TPSA) is 97.3 Å². The molecule has 0 aliphatic heterocycles. The molecule has 0 unspecified atom stereocenters. The molecule has 33 heavy (non-hydrogen) atoms. The summed E-state index contributed by atoms with van der Waals surface area (Å²) >= 11 is 0. The number of sulfonamides is 1. The van der Waals surface area contributed by atoms with Crippen molar-refractivity contribution in [3.63, 3.8) is 0 Å². The van der Waals surface area contributed by atoms with Crippen LogP contribution in [0, 0.1) is 0 Å². The van der Waals surface area contributed by atoms with Gasteiger partial charge < -0.3 is 9.47 Å². The number of hydrazone groups is 1. The molecule has 0 heterocycles. The van der Waals surface area contributed by atoms with Gasteiger partial charge in [0.25, 0.3) is 5.91 Å². The highest BCUT2D eigenvalue weighted by Crippen LogP contribution is 2.25. The Morgan fingerprint density at radius 3 is 2.15 bits per heavy atom. The Bertz CT molecular complexity index is 1180. The molecule has 3 aromatic carbocycles. The van der Waals surface area contributed by atoms with Gasteiger partial charge in [0.2, 0.25) is 10.0 Å². The first-order valence-electron chi connectivity index (χ1n) is 10.2. The maximum atomic E-state index is 12.3. The highest BCUT2D eigenvalue weighted by atomic mass is 32.2. The molecule has 0 spiro atoms. The lowest BCUT2D eigenvalue weighted by Crippen LogP contribution is -2.38. The van der Waals surface area contributed by atoms with E-state index in [1.54, 1.807) is 48.5 Å². The van der Waals surface area contributed by atoms with Gasteiger partial charge in [-0.15, -0.1) is 0 Å². The van der Waals surface area contributed by atoms with E-state index in [1.165, 1.54) is 6.21 Å². The largest absolute Gasteiger partial charge is 0.494 e. The number of para-hydroxylation sites is 1. The molecule has 1 amide bonds. The first kappa shape index (κ1) is 23.8. The second-order valence-corrected chi connectivity index (χ2v) is 8.88. The van der Waals surface area contributed by atoms with Gasteiger partial charge in [-0.05, 0) is 73.2 Å². The summed E-state index contributed by atoms with van der Waals surface area (Å²) in [6, 6.07) is 22.8. The van der Waals surface area contributed by atoms with Crippen molar-refractivity contribution in [2.24, 2.45) is 5.10 Å². The summed E-state index contributed by atoms with van der Waals surface area (Å²) in [6.45, 7) is 2.05. The number of benzene rings is 3. The molecular formula is C24H25N3O5S. The van der Waals surface area contributed by atoms with Crippen molar-refractivity contribution in [1.82, 2.24) is 5.43 Å². The van der Waals surface area contributed by atoms with Crippen molar-refractivity contribution < 1.29 is 22.7 Å². The van der Waals surface area contributed by atoms with Crippen molar-refractivity contribution in [2.75, 3.05) is 23.7 Å². The van der Waals surface area contributed by atoms with Crippen LogP contribution in [0.5, 0.6) is 17.2 Å². The van der Waals surface area contributed by atoms with Crippen LogP contribution in [0.3, 0.4) is 0 Å². The summed E-state index contributed by atoms with van der Waals surface area (Å²) < 4.78 is 36.7. The molecule has 3 rings (SSSR count). The van der Waals surface area contributed by atoms with Crippen LogP contribution in [0.15, 0.2) is 84.0 Å². The molecule has 0 aliphatic rings. The lowest BCUT2D eigenvalue weighted by molar-refractivity contribution is -0.119. The average Bonchev–Trinajstić information content (AvgIpc) is 2.79. The fraction of sp³-hybridized carbons (Fsp3) is 0.167. The van der Waals surface area contributed by atoms with Crippen LogP contribution in [-0.2, 0) is 14.8 Å². The van der Waals surface area contributed by atoms with Crippen LogP contribution in [-0.4, -0.2) is 39.9 Å². The summed E-state index contributed by atoms with van der Waals surface area (Å²) in [6.07, 6.45) is 2.51. The maximum absolute atomic E-state index is 12.3. The first-order valence-corrected chi connectivity index (χ1v) is 12.1. The molecule has 3 aromatic rings. The van der Waals surface area contributed by atoms with Crippen molar-refractivity contribution >= 4 is 27.8 Å². The minimum atomic E-state index is -3.71. The number of carbonyl (C=O) groups excluding carboxylic acids is 1. The predicted molar refractivity (Wildman–Crippen MR) is 128 cm³/mol. The van der Waals surface area contributed by atoms with E-state index in [0.717, 1.165) is 21.9 Å². The number of anilines is 1. The van der Waals surface area contributed by atoms with E-state index >= 15 is 0 Å². The van der Waals surface area contributed by atoms with E-state index < -0.39 is 22.5 Å². The van der Waals surface area contributed by atoms with Crippen molar-refractivity contribution in [2.45, 2.75) is 6.92 Å². The number of rotatable bonds is 10. The fourth-order valence-electron chi connectivity index (χ4n) is 2.87. The average molecular weight is 468 g/mol. The molecule has 1 N–H and O–H groups in total. The third-order valence-electron chi connectivity index (χ3n) is 4.39. The molecule has 0 saturated heterocycles. The number of nitrogens with one attached hydrogen (secondary N) is 1. The van der Waals surface area contributed by atoms with Gasteiger partial charge in [-0.3, -0.25) is 9.10 Å². The van der Waals surface area contributed by atoms with Crippen LogP contribution in [0.1, 0.15) is 12.5 Å². The molecule has 172 valence electrons. The van der Waals surface area contributed by atoms with Crippen LogP contribution < -0.4 is 19.2 Å². The highest BCUT2D eigenvalue weighted by Gasteiger charge is 2.20. The summed E-state index contributed by atoms with van der Waals surface area (Å²) in [7, 11) is -3.71. The van der Waals surface area contributed by atoms with Gasteiger partial charge in [0.1, 0.15) is 23.8 Å². The Morgan fingerprint density at radius 1 is 0.939 bits per heavy atom. The monoisotopic (exact) mass is 467 g/mol. The van der Waals surface area contributed by atoms with E-state index in [1.807, 2.05) is 37.3 Å². The molecule has 0 saturated carbocycles. The number of ether oxygens (including phenoxy) is 2. The number of amides is 1. The Morgan fingerprint density at radius 2 is 1.55 bits per heavy atom. The third kappa shape index (κ3) is 7.36. The first-order chi connectivity index (χ1) is 15.8. The quantitative estimate of drug-likeness (QED) is 0.361. The zero-order chi connectivity index (χ0) is 23.7. The highest BCUT2D eigenvalue weighted by molar-refractivity contribution is 7.92. The van der Waals surface area contributed by atoms with Gasteiger partial charge >= 0.3 is 0 Å². The van der Waals surface area contributed by atoms with Crippen LogP contribution in [0.4, 0.5) is 5.69 Å². The van der Waals surface area contributed by atoms with E-state index in [0.29, 0.717) is 23.8 Å². The van der Waals surface area contributed by atoms with Gasteiger partial charge in [0.15, 0.2) is 0 Å². The normalized spacial score (nSPS) is 11.2. The molecule has 0 fully saturated rings. The number of carbonyl (C=O) groups is 1. The summed E-state index contributed by atoms with van der Waals surface area (Å²) in [4.78, 5) is 12.3. The molecular weight excluding hydrogens is 442 g/mol. The van der Waals surface area contributed by atoms with Gasteiger partial charge in [0.05, 0.1) is 24.8 Å². The van der Waals surface area contributed by atoms with Gasteiger partial charge in [-0.1, -0.05) is 18.2 Å². The SMILES string of the molecule is CCOc1ccc(C=NNC(=O)CN(c2ccc(Oc3ccccc3)cc2)S(C)(=O)=O)cc1. The molecule has 9 heteroatoms. The maximum Gasteiger partial charge on any atom is 0.260 e. The lowest BCUT2D eigenvalue weighted by atomic mass is 10.2. The fourth-order valence-corrected chi connectivity index (χ4v) is 3.72. The standard InChI is InChI=1S/C24H25N3O5S/c1-3-31-21-13-9-19(10-14-21)17-25-26-24(28)18-27(33(2,29)30)20-11-15-23(16-12-20)32-22-7-5-4-6-8-22/h4-17H,3,18H2,1-2H3,(H,26,28). The van der Waals surface area contributed by atoms with E-state index in [4.69, 9.17) is 9.47 Å². The Hall–Kier alpha value is -3.85. The van der Waals surface area contributed by atoms with E-state index in [9.17, 15) is 13.2 Å². The molecule has 0 aliphatic carbocycles. The number of hydrogen-bond donors (Lipinski definition) is 1. The molecule has 0 atom stereocenters. The van der Waals surface area contributed by atoms with E-state index in [2.05, 4.69) is 10.5 Å². The Balaban J connectivity index is 1.62. The molecule has 0 radical (unpaired) electrons. The molecule has 0 aromatic heterocycles. The zero-order valence-corrected chi connectivity index (χ0v) is 19.2. The van der Waals surface area contributed by atoms with Gasteiger partial charge in [0, 0.05) is 0 Å². The predicted octanol–water partition coefficient (Wildman–Crippen LogP) is 3.79. The van der Waals surface area contributed by atoms with Crippen molar-refractivity contribution in [3.8, 4) is 17.2 Å². The zero-order valence-electron chi connectivity index (χ0n) is 18.3. The minimum Gasteiger partial charge on any atom is -0.494 e. The molecule has 0 bridgehead atoms. The van der Waals surface area contributed by atoms with Crippen LogP contribution in [0.25, 0.3) is 0 Å². The van der Waals surface area contributed by atoms with Crippen LogP contribution in [0.2, 0.25) is 0 Å². The third-order valence-corrected chi connectivity index (χ3v) is 5.53. The van der Waals surface area contributed by atoms with Crippen molar-refractivity contribution in [3.05, 3.63) is 84.4 Å². The smallest absolute Gasteiger partial charge is 0.260 e. The Labute approximate surface area is 193 Å². The second-order valence-electron chi connectivity index (χ2n) is 6.97. The lowest BCUT2D eigenvalue weighted by Gasteiger charge is -2.21. The summed E-state index contributed by atoms with van der Waals surface area (Å²) in [5.41, 5.74) is 3.45. The van der Waals surface area contributed by atoms with Crippen LogP contribution >= 0.6 is 0 Å². The summed E-state index contributed by atoms with van der Waals surface area (Å²) in [5.74, 6) is 1.37. The number of nitrogens with zero attached hydrogens (tertiary/aromatic N) is 2. The molecule has 8 nitrogen and oxygen atoms in total. The van der Waals surface area contributed by atoms with Gasteiger partial charge in [-0.25, -0.2) is 13.8 Å². The summed E-state index contributed by atoms with van der Waals surface area (Å²) in [5, 5.41) is 3.90.